The molecule has 2 heterocycles. The van der Waals surface area contributed by atoms with Crippen LogP contribution in [0.5, 0.6) is 0 Å². The van der Waals surface area contributed by atoms with E-state index in [1.165, 1.54) is 23.9 Å². The van der Waals surface area contributed by atoms with Gasteiger partial charge in [-0.1, -0.05) is 48.8 Å². The van der Waals surface area contributed by atoms with Crippen LogP contribution in [0.3, 0.4) is 0 Å². The molecule has 2 aromatic heterocycles. The summed E-state index contributed by atoms with van der Waals surface area (Å²) in [7, 11) is 0. The lowest BCUT2D eigenvalue weighted by Crippen LogP contribution is -2.16. The average molecular weight is 592 g/mol. The normalized spacial score (nSPS) is 10.9. The van der Waals surface area contributed by atoms with Crippen LogP contribution >= 0.6 is 43.6 Å². The Balaban J connectivity index is 1.68. The highest BCUT2D eigenvalue weighted by atomic mass is 79.9. The molecule has 1 N–H and O–H groups in total. The Morgan fingerprint density at radius 3 is 2.36 bits per heavy atom. The standard InChI is InChI=1S/C22H17Br2FN6OS/c1-12-9-13(2)27-22(26-12)33-11-19-20(21(32)28-18-8-5-15(24)10-17(18)25)29-30-31(19)16-6-3-14(23)4-7-16/h3-10H,11H2,1-2H3,(H,28,32). The number of carbonyl (C=O) groups excluding carboxylic acids is 1. The number of rotatable bonds is 6. The number of halogens is 3. The fraction of sp³-hybridized carbons (Fsp3) is 0.136. The zero-order chi connectivity index (χ0) is 23.5. The maximum Gasteiger partial charge on any atom is 0.278 e. The summed E-state index contributed by atoms with van der Waals surface area (Å²) in [4.78, 5) is 21.9. The monoisotopic (exact) mass is 590 g/mol. The molecule has 0 saturated carbocycles. The van der Waals surface area contributed by atoms with E-state index in [4.69, 9.17) is 0 Å². The Kier molecular flexibility index (Phi) is 7.20. The fourth-order valence-corrected chi connectivity index (χ4v) is 4.60. The number of thioether (sulfide) groups is 1. The Bertz CT molecular complexity index is 1310. The third kappa shape index (κ3) is 5.66. The van der Waals surface area contributed by atoms with E-state index >= 15 is 0 Å². The minimum absolute atomic E-state index is 0.0534. The molecule has 0 aliphatic heterocycles. The number of hydrogen-bond donors (Lipinski definition) is 1. The third-order valence-corrected chi connectivity index (χ3v) is 6.41. The number of carbonyl (C=O) groups is 1. The average Bonchev–Trinajstić information content (AvgIpc) is 3.18. The zero-order valence-corrected chi connectivity index (χ0v) is 21.5. The largest absolute Gasteiger partial charge is 0.318 e. The van der Waals surface area contributed by atoms with Gasteiger partial charge in [0.25, 0.3) is 5.91 Å². The first-order valence-electron chi connectivity index (χ1n) is 9.72. The van der Waals surface area contributed by atoms with Crippen molar-refractivity contribution in [3.8, 4) is 5.69 Å². The van der Waals surface area contributed by atoms with E-state index in [0.717, 1.165) is 21.5 Å². The van der Waals surface area contributed by atoms with E-state index in [1.54, 1.807) is 10.7 Å². The van der Waals surface area contributed by atoms with Crippen LogP contribution in [0.4, 0.5) is 10.1 Å². The fourth-order valence-electron chi connectivity index (χ4n) is 3.06. The van der Waals surface area contributed by atoms with E-state index in [0.29, 0.717) is 21.1 Å². The number of benzene rings is 2. The molecule has 0 fully saturated rings. The summed E-state index contributed by atoms with van der Waals surface area (Å²) in [6.45, 7) is 3.80. The second-order valence-electron chi connectivity index (χ2n) is 7.07. The number of anilines is 1. The van der Waals surface area contributed by atoms with Crippen LogP contribution in [0.1, 0.15) is 27.6 Å². The number of aromatic nitrogens is 5. The molecule has 2 aromatic carbocycles. The molecule has 33 heavy (non-hydrogen) atoms. The molecule has 0 atom stereocenters. The van der Waals surface area contributed by atoms with Crippen molar-refractivity contribution in [2.45, 2.75) is 24.8 Å². The van der Waals surface area contributed by atoms with Crippen LogP contribution in [0, 0.1) is 19.7 Å². The van der Waals surface area contributed by atoms with Crippen LogP contribution in [0.15, 0.2) is 62.6 Å². The molecule has 0 aliphatic carbocycles. The van der Waals surface area contributed by atoms with Crippen LogP contribution in [0.25, 0.3) is 5.69 Å². The van der Waals surface area contributed by atoms with E-state index < -0.39 is 11.7 Å². The molecule has 0 saturated heterocycles. The van der Waals surface area contributed by atoms with E-state index in [1.807, 2.05) is 44.2 Å². The molecule has 4 rings (SSSR count). The van der Waals surface area contributed by atoms with Gasteiger partial charge in [0, 0.05) is 26.1 Å². The number of amides is 1. The molecule has 4 aromatic rings. The summed E-state index contributed by atoms with van der Waals surface area (Å²) in [5.41, 5.74) is 3.13. The lowest BCUT2D eigenvalue weighted by Gasteiger charge is -2.09. The van der Waals surface area contributed by atoms with Crippen molar-refractivity contribution in [2.24, 2.45) is 0 Å². The Morgan fingerprint density at radius 1 is 1.03 bits per heavy atom. The predicted molar refractivity (Wildman–Crippen MR) is 132 cm³/mol. The molecule has 0 radical (unpaired) electrons. The predicted octanol–water partition coefficient (Wildman–Crippen LogP) is 5.88. The molecule has 0 bridgehead atoms. The molecule has 0 spiro atoms. The van der Waals surface area contributed by atoms with Crippen LogP contribution in [0.2, 0.25) is 0 Å². The van der Waals surface area contributed by atoms with Gasteiger partial charge in [-0.3, -0.25) is 4.79 Å². The number of aryl methyl sites for hydroxylation is 2. The second kappa shape index (κ2) is 10.1. The SMILES string of the molecule is Cc1cc(C)nc(SCc2c(C(=O)Nc3ccc(Br)cc3F)nnn2-c2ccc(Br)cc2)n1. The van der Waals surface area contributed by atoms with Gasteiger partial charge in [0.2, 0.25) is 0 Å². The zero-order valence-electron chi connectivity index (χ0n) is 17.5. The summed E-state index contributed by atoms with van der Waals surface area (Å²) in [6, 6.07) is 13.8. The van der Waals surface area contributed by atoms with Crippen molar-refractivity contribution in [1.82, 2.24) is 25.0 Å². The van der Waals surface area contributed by atoms with Gasteiger partial charge in [0.15, 0.2) is 10.9 Å². The highest BCUT2D eigenvalue weighted by molar-refractivity contribution is 9.10. The third-order valence-electron chi connectivity index (χ3n) is 4.53. The van der Waals surface area contributed by atoms with Crippen molar-refractivity contribution in [3.05, 3.63) is 86.1 Å². The topological polar surface area (TPSA) is 85.6 Å². The highest BCUT2D eigenvalue weighted by Gasteiger charge is 2.22. The van der Waals surface area contributed by atoms with Gasteiger partial charge in [0.1, 0.15) is 5.82 Å². The first kappa shape index (κ1) is 23.5. The van der Waals surface area contributed by atoms with Gasteiger partial charge in [0.05, 0.1) is 17.1 Å². The van der Waals surface area contributed by atoms with Crippen LogP contribution < -0.4 is 5.32 Å². The van der Waals surface area contributed by atoms with Gasteiger partial charge in [-0.25, -0.2) is 19.0 Å². The van der Waals surface area contributed by atoms with Gasteiger partial charge >= 0.3 is 0 Å². The van der Waals surface area contributed by atoms with Crippen molar-refractivity contribution in [1.29, 1.82) is 0 Å². The van der Waals surface area contributed by atoms with Gasteiger partial charge in [-0.05, 0) is 62.4 Å². The van der Waals surface area contributed by atoms with Gasteiger partial charge < -0.3 is 5.32 Å². The number of nitrogens with one attached hydrogen (secondary N) is 1. The van der Waals surface area contributed by atoms with E-state index in [-0.39, 0.29) is 11.4 Å². The molecule has 168 valence electrons. The molecule has 1 amide bonds. The first-order chi connectivity index (χ1) is 15.8. The van der Waals surface area contributed by atoms with Crippen molar-refractivity contribution >= 4 is 55.2 Å². The minimum atomic E-state index is -0.559. The van der Waals surface area contributed by atoms with E-state index in [2.05, 4.69) is 57.5 Å². The number of nitrogens with zero attached hydrogens (tertiary/aromatic N) is 5. The Morgan fingerprint density at radius 2 is 1.70 bits per heavy atom. The van der Waals surface area contributed by atoms with Gasteiger partial charge in [-0.15, -0.1) is 5.10 Å². The van der Waals surface area contributed by atoms with Crippen LogP contribution in [-0.4, -0.2) is 30.9 Å². The van der Waals surface area contributed by atoms with Crippen molar-refractivity contribution in [2.75, 3.05) is 5.32 Å². The quantitative estimate of drug-likeness (QED) is 0.222. The van der Waals surface area contributed by atoms with E-state index in [9.17, 15) is 9.18 Å². The summed E-state index contributed by atoms with van der Waals surface area (Å²) in [6.07, 6.45) is 0. The maximum absolute atomic E-state index is 14.3. The molecular formula is C22H17Br2FN6OS. The maximum atomic E-state index is 14.3. The van der Waals surface area contributed by atoms with Crippen molar-refractivity contribution < 1.29 is 9.18 Å². The first-order valence-corrected chi connectivity index (χ1v) is 12.3. The molecule has 7 nitrogen and oxygen atoms in total. The summed E-state index contributed by atoms with van der Waals surface area (Å²) in [5.74, 6) is -0.786. The Labute approximate surface area is 210 Å². The lowest BCUT2D eigenvalue weighted by molar-refractivity contribution is 0.102. The molecular weight excluding hydrogens is 575 g/mol. The molecule has 11 heteroatoms. The second-order valence-corrected chi connectivity index (χ2v) is 9.85. The molecule has 0 unspecified atom stereocenters. The lowest BCUT2D eigenvalue weighted by atomic mass is 10.2. The van der Waals surface area contributed by atoms with Crippen molar-refractivity contribution in [3.63, 3.8) is 0 Å². The minimum Gasteiger partial charge on any atom is -0.318 e. The molecule has 0 aliphatic rings. The summed E-state index contributed by atoms with van der Waals surface area (Å²) < 4.78 is 17.3. The summed E-state index contributed by atoms with van der Waals surface area (Å²) >= 11 is 8.00. The highest BCUT2D eigenvalue weighted by Crippen LogP contribution is 2.26. The summed E-state index contributed by atoms with van der Waals surface area (Å²) in [5, 5.41) is 11.5. The van der Waals surface area contributed by atoms with Gasteiger partial charge in [-0.2, -0.15) is 0 Å². The Hall–Kier alpha value is -2.63. The smallest absolute Gasteiger partial charge is 0.278 e. The van der Waals surface area contributed by atoms with Crippen LogP contribution in [-0.2, 0) is 5.75 Å². The number of hydrogen-bond acceptors (Lipinski definition) is 6.